The minimum absolute atomic E-state index is 0.339. The van der Waals surface area contributed by atoms with E-state index in [0.29, 0.717) is 5.56 Å². The highest BCUT2D eigenvalue weighted by Crippen LogP contribution is 2.48. The molecule has 0 spiro atoms. The Balaban J connectivity index is 1.54. The van der Waals surface area contributed by atoms with Crippen molar-refractivity contribution in [3.63, 3.8) is 0 Å². The van der Waals surface area contributed by atoms with Crippen LogP contribution in [-0.2, 0) is 25.7 Å². The molecule has 0 fully saturated rings. The molecular weight excluding hydrogens is 460 g/mol. The van der Waals surface area contributed by atoms with Gasteiger partial charge in [0.2, 0.25) is 0 Å². The Morgan fingerprint density at radius 2 is 1.70 bits per heavy atom. The van der Waals surface area contributed by atoms with Crippen LogP contribution in [0.2, 0.25) is 0 Å². The molecule has 0 atom stereocenters. The molecule has 186 valence electrons. The van der Waals surface area contributed by atoms with Gasteiger partial charge >= 0.3 is 5.97 Å². The molecule has 5 aliphatic rings. The number of aromatic carboxylic acids is 1. The first-order chi connectivity index (χ1) is 18.2. The molecule has 0 saturated heterocycles. The van der Waals surface area contributed by atoms with Crippen LogP contribution in [0.3, 0.4) is 0 Å². The van der Waals surface area contributed by atoms with Crippen LogP contribution in [0.4, 0.5) is 5.69 Å². The molecule has 0 aromatic heterocycles. The van der Waals surface area contributed by atoms with Crippen LogP contribution in [0.15, 0.2) is 30.3 Å². The number of hydrogen-bond acceptors (Lipinski definition) is 3. The zero-order chi connectivity index (χ0) is 24.7. The Kier molecular flexibility index (Phi) is 4.61. The molecule has 0 amide bonds. The topological polar surface area (TPSA) is 52.8 Å². The molecule has 5 aliphatic heterocycles. The quantitative estimate of drug-likeness (QED) is 0.345. The maximum atomic E-state index is 12.4. The Bertz CT molecular complexity index is 1650. The standard InChI is InChI=1S/C32H30N2O3/c35-32(36)22-10-2-1-9-21(22)27-25-17-19-7-3-13-33-15-5-11-23(28(19)33)30(25)37-31-24-12-6-16-34-14-4-8-20(29(24)34)18-26(27)31/h1-2,9-10,17H,3-8,11-16H2,(H,35,36). The van der Waals surface area contributed by atoms with Gasteiger partial charge in [-0.05, 0) is 66.8 Å². The molecule has 0 radical (unpaired) electrons. The lowest BCUT2D eigenvalue weighted by molar-refractivity contribution is 0.0696. The van der Waals surface area contributed by atoms with Crippen molar-refractivity contribution in [2.75, 3.05) is 31.1 Å². The van der Waals surface area contributed by atoms with Crippen molar-refractivity contribution in [3.05, 3.63) is 85.9 Å². The van der Waals surface area contributed by atoms with E-state index in [4.69, 9.17) is 4.74 Å². The summed E-state index contributed by atoms with van der Waals surface area (Å²) in [6, 6.07) is 13.6. The lowest BCUT2D eigenvalue weighted by atomic mass is 9.82. The first-order valence-corrected chi connectivity index (χ1v) is 13.9. The van der Waals surface area contributed by atoms with E-state index in [9.17, 15) is 9.90 Å². The number of anilines is 1. The predicted molar refractivity (Wildman–Crippen MR) is 143 cm³/mol. The second kappa shape index (κ2) is 7.95. The fourth-order valence-electron chi connectivity index (χ4n) is 7.56. The monoisotopic (exact) mass is 490 g/mol. The van der Waals surface area contributed by atoms with Crippen molar-refractivity contribution >= 4 is 17.2 Å². The molecule has 0 bridgehead atoms. The fraction of sp³-hybridized carbons (Fsp3) is 0.375. The third-order valence-corrected chi connectivity index (χ3v) is 9.00. The normalized spacial score (nSPS) is 18.9. The molecular formula is C32H30N2O3. The summed E-state index contributed by atoms with van der Waals surface area (Å²) in [5.74, 6) is 0.969. The van der Waals surface area contributed by atoms with Crippen LogP contribution in [0, 0.1) is 6.07 Å². The molecule has 8 rings (SSSR count). The maximum Gasteiger partial charge on any atom is 0.335 e. The molecule has 3 aromatic rings. The summed E-state index contributed by atoms with van der Waals surface area (Å²) in [7, 11) is 0. The van der Waals surface area contributed by atoms with Gasteiger partial charge in [0.15, 0.2) is 0 Å². The van der Waals surface area contributed by atoms with E-state index in [-0.39, 0.29) is 0 Å². The zero-order valence-electron chi connectivity index (χ0n) is 21.0. The van der Waals surface area contributed by atoms with Crippen molar-refractivity contribution in [3.8, 4) is 11.5 Å². The number of carbonyl (C=O) groups is 1. The van der Waals surface area contributed by atoms with Gasteiger partial charge in [0, 0.05) is 37.2 Å². The number of ether oxygens (including phenoxy) is 1. The molecule has 1 N–H and O–H groups in total. The van der Waals surface area contributed by atoms with E-state index in [2.05, 4.69) is 21.6 Å². The predicted octanol–water partition coefficient (Wildman–Crippen LogP) is 3.62. The number of carboxylic acids is 1. The lowest BCUT2D eigenvalue weighted by Gasteiger charge is -2.41. The van der Waals surface area contributed by atoms with Crippen molar-refractivity contribution in [1.82, 2.24) is 4.58 Å². The first-order valence-electron chi connectivity index (χ1n) is 13.9. The first kappa shape index (κ1) is 21.5. The van der Waals surface area contributed by atoms with Crippen LogP contribution in [0.5, 0.6) is 11.5 Å². The highest BCUT2D eigenvalue weighted by atomic mass is 16.5. The van der Waals surface area contributed by atoms with Crippen molar-refractivity contribution in [2.24, 2.45) is 0 Å². The summed E-state index contributed by atoms with van der Waals surface area (Å²) < 4.78 is 9.54. The maximum absolute atomic E-state index is 12.4. The molecule has 0 saturated carbocycles. The van der Waals surface area contributed by atoms with Crippen LogP contribution in [-0.4, -0.2) is 37.3 Å². The SMILES string of the molecule is O=C(O)c1ccccc1C1=c2[c-]c3c4c(c2Oc2c1cc1c5c2CCCN5CCC1)CCC[N+]=4CCC3. The van der Waals surface area contributed by atoms with Gasteiger partial charge in [0.25, 0.3) is 0 Å². The molecule has 5 nitrogen and oxygen atoms in total. The van der Waals surface area contributed by atoms with Gasteiger partial charge in [-0.2, -0.15) is 0 Å². The average molecular weight is 491 g/mol. The zero-order valence-corrected chi connectivity index (χ0v) is 21.0. The van der Waals surface area contributed by atoms with E-state index < -0.39 is 5.97 Å². The number of hydrogen-bond donors (Lipinski definition) is 1. The lowest BCUT2D eigenvalue weighted by Crippen LogP contribution is -2.45. The van der Waals surface area contributed by atoms with Crippen molar-refractivity contribution in [1.29, 1.82) is 0 Å². The van der Waals surface area contributed by atoms with Crippen molar-refractivity contribution < 1.29 is 14.6 Å². The highest BCUT2D eigenvalue weighted by molar-refractivity contribution is 5.99. The number of rotatable bonds is 2. The second-order valence-corrected chi connectivity index (χ2v) is 11.1. The Morgan fingerprint density at radius 1 is 0.919 bits per heavy atom. The molecule has 3 aromatic carbocycles. The van der Waals surface area contributed by atoms with Crippen LogP contribution < -0.4 is 24.8 Å². The molecule has 37 heavy (non-hydrogen) atoms. The van der Waals surface area contributed by atoms with Gasteiger partial charge in [-0.1, -0.05) is 40.6 Å². The van der Waals surface area contributed by atoms with Gasteiger partial charge in [0.1, 0.15) is 24.2 Å². The Labute approximate surface area is 216 Å². The summed E-state index contributed by atoms with van der Waals surface area (Å²) in [5.41, 5.74) is 9.76. The number of carboxylic acid groups (broad SMARTS) is 1. The van der Waals surface area contributed by atoms with E-state index >= 15 is 0 Å². The van der Waals surface area contributed by atoms with Gasteiger partial charge < -0.3 is 14.7 Å². The van der Waals surface area contributed by atoms with Gasteiger partial charge in [-0.25, -0.2) is 4.79 Å². The summed E-state index contributed by atoms with van der Waals surface area (Å²) in [6.07, 6.45) is 8.59. The van der Waals surface area contributed by atoms with Gasteiger partial charge in [0.05, 0.1) is 11.3 Å². The number of nitrogens with zero attached hydrogens (tertiary/aromatic N) is 2. The van der Waals surface area contributed by atoms with Gasteiger partial charge in [-0.15, -0.1) is 6.07 Å². The van der Waals surface area contributed by atoms with Crippen LogP contribution in [0.1, 0.15) is 69.4 Å². The summed E-state index contributed by atoms with van der Waals surface area (Å²) in [6.45, 7) is 4.40. The minimum atomic E-state index is -0.895. The Hall–Kier alpha value is -3.60. The second-order valence-electron chi connectivity index (χ2n) is 11.1. The van der Waals surface area contributed by atoms with E-state index in [0.717, 1.165) is 111 Å². The largest absolute Gasteiger partial charge is 0.501 e. The van der Waals surface area contributed by atoms with E-state index in [1.54, 1.807) is 6.07 Å². The smallest absolute Gasteiger partial charge is 0.335 e. The third kappa shape index (κ3) is 3.03. The average Bonchev–Trinajstić information content (AvgIpc) is 2.93. The van der Waals surface area contributed by atoms with Crippen LogP contribution in [0.25, 0.3) is 5.57 Å². The van der Waals surface area contributed by atoms with E-state index in [1.807, 2.05) is 18.2 Å². The highest BCUT2D eigenvalue weighted by Gasteiger charge is 2.32. The Morgan fingerprint density at radius 3 is 2.57 bits per heavy atom. The number of fused-ring (bicyclic) bond motifs is 4. The fourth-order valence-corrected chi connectivity index (χ4v) is 7.56. The number of benzene rings is 3. The van der Waals surface area contributed by atoms with Gasteiger partial charge in [-0.3, -0.25) is 4.58 Å². The number of aryl methyl sites for hydroxylation is 2. The van der Waals surface area contributed by atoms with Crippen molar-refractivity contribution in [2.45, 2.75) is 51.4 Å². The molecule has 5 heteroatoms. The summed E-state index contributed by atoms with van der Waals surface area (Å²) >= 11 is 0. The molecule has 5 heterocycles. The van der Waals surface area contributed by atoms with Crippen LogP contribution >= 0.6 is 0 Å². The minimum Gasteiger partial charge on any atom is -0.501 e. The third-order valence-electron chi connectivity index (χ3n) is 9.00. The summed E-state index contributed by atoms with van der Waals surface area (Å²) in [4.78, 5) is 15.0. The van der Waals surface area contributed by atoms with E-state index in [1.165, 1.54) is 33.3 Å². The molecule has 0 aliphatic carbocycles. The summed E-state index contributed by atoms with van der Waals surface area (Å²) in [5, 5.41) is 12.5. The molecule has 0 unspecified atom stereocenters.